The number of nitrogens with one attached hydrogen (secondary N) is 1. The van der Waals surface area contributed by atoms with Gasteiger partial charge in [0.2, 0.25) is 10.0 Å². The van der Waals surface area contributed by atoms with E-state index in [1.807, 2.05) is 6.92 Å². The molecular weight excluding hydrogens is 632 g/mol. The van der Waals surface area contributed by atoms with Crippen molar-refractivity contribution in [1.29, 1.82) is 0 Å². The minimum absolute atomic E-state index is 0.0697. The number of hydrogen-bond donors (Lipinski definition) is 4. The Bertz CT molecular complexity index is 1210. The zero-order chi connectivity index (χ0) is 26.0. The molecule has 5 N–H and O–H groups in total. The molecule has 2 aromatic rings. The van der Waals surface area contributed by atoms with E-state index in [0.717, 1.165) is 18.7 Å². The van der Waals surface area contributed by atoms with Crippen LogP contribution in [0.15, 0.2) is 55.1 Å². The zero-order valence-electron chi connectivity index (χ0n) is 17.2. The number of carbonyl (C=O) groups is 2. The Balaban J connectivity index is 0.000000558. The maximum Gasteiger partial charge on any atom is 0.335 e. The Labute approximate surface area is 212 Å². The van der Waals surface area contributed by atoms with Crippen LogP contribution < -0.4 is 10.5 Å². The van der Waals surface area contributed by atoms with Gasteiger partial charge in [-0.2, -0.15) is 0 Å². The van der Waals surface area contributed by atoms with E-state index in [1.165, 1.54) is 24.3 Å². The molecule has 15 heteroatoms. The quantitative estimate of drug-likeness (QED) is 0.340. The summed E-state index contributed by atoms with van der Waals surface area (Å²) in [5, 5.41) is 17.4. The van der Waals surface area contributed by atoms with Crippen LogP contribution in [0.2, 0.25) is 0 Å². The highest BCUT2D eigenvalue weighted by Crippen LogP contribution is 2.26. The summed E-state index contributed by atoms with van der Waals surface area (Å²) < 4.78 is 48.2. The second-order valence-corrected chi connectivity index (χ2v) is 11.7. The monoisotopic (exact) mass is 650 g/mol. The molecule has 0 atom stereocenters. The van der Waals surface area contributed by atoms with E-state index in [0.29, 0.717) is 4.47 Å². The van der Waals surface area contributed by atoms with Crippen LogP contribution in [0.1, 0.15) is 34.6 Å². The van der Waals surface area contributed by atoms with Crippen LogP contribution in [0.3, 0.4) is 0 Å². The number of carboxylic acids is 2. The van der Waals surface area contributed by atoms with Crippen molar-refractivity contribution in [1.82, 2.24) is 4.72 Å². The summed E-state index contributed by atoms with van der Waals surface area (Å²) in [7, 11) is -2.49. The maximum atomic E-state index is 11.7. The third-order valence-corrected chi connectivity index (χ3v) is 8.10. The van der Waals surface area contributed by atoms with E-state index < -0.39 is 31.0 Å². The summed E-state index contributed by atoms with van der Waals surface area (Å²) in [6.07, 6.45) is 0. The zero-order valence-corrected chi connectivity index (χ0v) is 22.8. The Morgan fingerprint density at radius 1 is 0.909 bits per heavy atom. The van der Waals surface area contributed by atoms with Crippen molar-refractivity contribution in [3.8, 4) is 0 Å². The molecule has 0 heterocycles. The van der Waals surface area contributed by atoms with Crippen LogP contribution in [-0.2, 0) is 19.1 Å². The summed E-state index contributed by atoms with van der Waals surface area (Å²) in [5.41, 5.74) is 4.65. The Hall–Kier alpha value is -1.55. The lowest BCUT2D eigenvalue weighted by Crippen LogP contribution is -2.23. The molecule has 0 saturated heterocycles. The number of benzene rings is 2. The van der Waals surface area contributed by atoms with Gasteiger partial charge in [-0.15, -0.1) is 0 Å². The SMILES string of the molecule is CCN.CCNS(=O)(=O)c1cc(C(=O)O)ccc1Br.O=C(O)c1ccc(Br)c(S(=O)(=O)Cl)c1. The van der Waals surface area contributed by atoms with Gasteiger partial charge in [0.05, 0.1) is 20.9 Å². The van der Waals surface area contributed by atoms with Crippen molar-refractivity contribution in [2.24, 2.45) is 5.73 Å². The molecule has 0 aliphatic carbocycles. The van der Waals surface area contributed by atoms with Crippen LogP contribution >= 0.6 is 42.5 Å². The van der Waals surface area contributed by atoms with Gasteiger partial charge < -0.3 is 15.9 Å². The van der Waals surface area contributed by atoms with Gasteiger partial charge in [-0.1, -0.05) is 13.8 Å². The third kappa shape index (κ3) is 10.5. The Morgan fingerprint density at radius 3 is 1.61 bits per heavy atom. The van der Waals surface area contributed by atoms with E-state index in [4.69, 9.17) is 26.6 Å². The van der Waals surface area contributed by atoms with Crippen LogP contribution in [0.5, 0.6) is 0 Å². The Morgan fingerprint density at radius 2 is 1.27 bits per heavy atom. The minimum Gasteiger partial charge on any atom is -0.478 e. The fraction of sp³-hybridized carbons (Fsp3) is 0.222. The van der Waals surface area contributed by atoms with E-state index in [9.17, 15) is 26.4 Å². The molecule has 0 aliphatic rings. The van der Waals surface area contributed by atoms with Gasteiger partial charge in [-0.25, -0.2) is 31.1 Å². The van der Waals surface area contributed by atoms with Gasteiger partial charge in [0.1, 0.15) is 0 Å². The normalized spacial score (nSPS) is 10.8. The predicted octanol–water partition coefficient (Wildman–Crippen LogP) is 3.49. The first-order chi connectivity index (χ1) is 15.1. The number of halogens is 3. The number of hydrogen-bond acceptors (Lipinski definition) is 7. The summed E-state index contributed by atoms with van der Waals surface area (Å²) in [4.78, 5) is 20.9. The standard InChI is InChI=1S/C9H10BrNO4S.C7H4BrClO4S.C2H7N/c1-2-11-16(14,15)8-5-6(9(12)13)3-4-7(8)10;8-5-2-1-4(7(10)11)3-6(5)14(9,12)13;1-2-3/h3-5,11H,2H2,1H3,(H,12,13);1-3H,(H,10,11);2-3H2,1H3. The molecule has 0 spiro atoms. The highest BCUT2D eigenvalue weighted by Gasteiger charge is 2.19. The number of carboxylic acid groups (broad SMARTS) is 2. The number of rotatable bonds is 6. The molecule has 33 heavy (non-hydrogen) atoms. The lowest BCUT2D eigenvalue weighted by atomic mass is 10.2. The predicted molar refractivity (Wildman–Crippen MR) is 131 cm³/mol. The molecule has 184 valence electrons. The molecule has 2 rings (SSSR count). The molecule has 0 unspecified atom stereocenters. The minimum atomic E-state index is -3.93. The summed E-state index contributed by atoms with van der Waals surface area (Å²) >= 11 is 6.03. The molecule has 0 bridgehead atoms. The average molecular weight is 653 g/mol. The largest absolute Gasteiger partial charge is 0.478 e. The number of nitrogens with two attached hydrogens (primary N) is 1. The van der Waals surface area contributed by atoms with Gasteiger partial charge in [0.15, 0.2) is 0 Å². The van der Waals surface area contributed by atoms with Gasteiger partial charge in [-0.3, -0.25) is 0 Å². The van der Waals surface area contributed by atoms with Gasteiger partial charge >= 0.3 is 11.9 Å². The molecule has 0 aromatic heterocycles. The first kappa shape index (κ1) is 31.4. The van der Waals surface area contributed by atoms with Crippen LogP contribution in [0.25, 0.3) is 0 Å². The van der Waals surface area contributed by atoms with Crippen molar-refractivity contribution in [3.63, 3.8) is 0 Å². The summed E-state index contributed by atoms with van der Waals surface area (Å²) in [6, 6.07) is 7.43. The van der Waals surface area contributed by atoms with Crippen molar-refractivity contribution >= 4 is 73.6 Å². The van der Waals surface area contributed by atoms with Crippen LogP contribution in [-0.4, -0.2) is 52.1 Å². The lowest BCUT2D eigenvalue weighted by molar-refractivity contribution is 0.0685. The smallest absolute Gasteiger partial charge is 0.335 e. The fourth-order valence-corrected chi connectivity index (χ4v) is 6.08. The van der Waals surface area contributed by atoms with E-state index in [2.05, 4.69) is 36.6 Å². The molecule has 0 amide bonds. The van der Waals surface area contributed by atoms with Crippen LogP contribution in [0.4, 0.5) is 0 Å². The van der Waals surface area contributed by atoms with Crippen molar-refractivity contribution in [2.45, 2.75) is 23.6 Å². The number of aromatic carboxylic acids is 2. The molecular formula is C18H21Br2ClN2O8S2. The third-order valence-electron chi connectivity index (χ3n) is 3.24. The maximum absolute atomic E-state index is 11.7. The first-order valence-corrected chi connectivity index (χ1v) is 14.2. The second-order valence-electron chi connectivity index (χ2n) is 5.75. The molecule has 0 radical (unpaired) electrons. The van der Waals surface area contributed by atoms with Crippen molar-refractivity contribution in [3.05, 3.63) is 56.5 Å². The molecule has 0 saturated carbocycles. The van der Waals surface area contributed by atoms with Gasteiger partial charge in [0.25, 0.3) is 9.05 Å². The highest BCUT2D eigenvalue weighted by atomic mass is 79.9. The second kappa shape index (κ2) is 14.0. The molecule has 0 fully saturated rings. The Kier molecular flexibility index (Phi) is 13.3. The summed E-state index contributed by atoms with van der Waals surface area (Å²) in [6.45, 7) is 4.54. The first-order valence-electron chi connectivity index (χ1n) is 8.82. The van der Waals surface area contributed by atoms with Crippen LogP contribution in [0, 0.1) is 0 Å². The van der Waals surface area contributed by atoms with Gasteiger partial charge in [-0.05, 0) is 74.8 Å². The topological polar surface area (TPSA) is 181 Å². The fourth-order valence-electron chi connectivity index (χ4n) is 1.93. The van der Waals surface area contributed by atoms with Crippen molar-refractivity contribution < 1.29 is 36.6 Å². The van der Waals surface area contributed by atoms with E-state index >= 15 is 0 Å². The highest BCUT2D eigenvalue weighted by molar-refractivity contribution is 9.10. The molecule has 0 aliphatic heterocycles. The van der Waals surface area contributed by atoms with E-state index in [-0.39, 0.29) is 31.9 Å². The lowest BCUT2D eigenvalue weighted by Gasteiger charge is -2.07. The molecule has 2 aromatic carbocycles. The van der Waals surface area contributed by atoms with E-state index in [1.54, 1.807) is 6.92 Å². The summed E-state index contributed by atoms with van der Waals surface area (Å²) in [5.74, 6) is -2.38. The van der Waals surface area contributed by atoms with Crippen molar-refractivity contribution in [2.75, 3.05) is 13.1 Å². The van der Waals surface area contributed by atoms with Gasteiger partial charge in [0, 0.05) is 26.2 Å². The average Bonchev–Trinajstić information content (AvgIpc) is 2.68. The molecule has 10 nitrogen and oxygen atoms in total. The number of sulfonamides is 1.